The summed E-state index contributed by atoms with van der Waals surface area (Å²) in [4.78, 5) is 19.1. The highest BCUT2D eigenvalue weighted by molar-refractivity contribution is 7.13. The Balaban J connectivity index is 0.00000169. The average Bonchev–Trinajstić information content (AvgIpc) is 2.96. The molecular weight excluding hydrogens is 391 g/mol. The van der Waals surface area contributed by atoms with Gasteiger partial charge in [0, 0.05) is 24.2 Å². The van der Waals surface area contributed by atoms with Gasteiger partial charge in [-0.25, -0.2) is 4.98 Å². The lowest BCUT2D eigenvalue weighted by Gasteiger charge is -2.30. The van der Waals surface area contributed by atoms with Crippen LogP contribution < -0.4 is 11.1 Å². The fourth-order valence-electron chi connectivity index (χ4n) is 3.08. The average molecular weight is 417 g/mol. The number of carbonyl (C=O) groups excluding carboxylic acids is 1. The molecule has 0 spiro atoms. The van der Waals surface area contributed by atoms with E-state index in [0.717, 1.165) is 36.8 Å². The molecule has 1 unspecified atom stereocenters. The zero-order valence-electron chi connectivity index (χ0n) is 14.8. The number of benzene rings is 1. The van der Waals surface area contributed by atoms with Crippen molar-refractivity contribution in [3.8, 4) is 0 Å². The van der Waals surface area contributed by atoms with Crippen molar-refractivity contribution >= 4 is 52.9 Å². The number of halogens is 2. The summed E-state index contributed by atoms with van der Waals surface area (Å²) < 4.78 is 0. The fourth-order valence-corrected chi connectivity index (χ4v) is 3.80. The lowest BCUT2D eigenvalue weighted by molar-refractivity contribution is -0.115. The lowest BCUT2D eigenvalue weighted by atomic mass is 10.0. The molecule has 0 aliphatic carbocycles. The number of nitrogens with one attached hydrogen (secondary N) is 1. The second-order valence-electron chi connectivity index (χ2n) is 6.59. The Morgan fingerprint density at radius 2 is 2.08 bits per heavy atom. The van der Waals surface area contributed by atoms with Gasteiger partial charge in [0.15, 0.2) is 5.13 Å². The molecule has 2 heterocycles. The van der Waals surface area contributed by atoms with Crippen LogP contribution in [-0.4, -0.2) is 28.9 Å². The van der Waals surface area contributed by atoms with Gasteiger partial charge in [-0.3, -0.25) is 9.69 Å². The maximum absolute atomic E-state index is 12.1. The van der Waals surface area contributed by atoms with Gasteiger partial charge in [-0.05, 0) is 43.0 Å². The Morgan fingerprint density at radius 1 is 1.35 bits per heavy atom. The number of thiazole rings is 1. The van der Waals surface area contributed by atoms with E-state index in [4.69, 9.17) is 5.73 Å². The zero-order valence-corrected chi connectivity index (χ0v) is 17.3. The predicted molar refractivity (Wildman–Crippen MR) is 113 cm³/mol. The molecule has 1 atom stereocenters. The van der Waals surface area contributed by atoms with E-state index in [2.05, 4.69) is 22.1 Å². The number of likely N-dealkylation sites (tertiary alicyclic amines) is 1. The first kappa shape index (κ1) is 22.7. The minimum atomic E-state index is -0.0488. The number of nitrogens with two attached hydrogens (primary N) is 1. The highest BCUT2D eigenvalue weighted by Crippen LogP contribution is 2.21. The maximum Gasteiger partial charge on any atom is 0.230 e. The van der Waals surface area contributed by atoms with Gasteiger partial charge in [0.2, 0.25) is 5.91 Å². The van der Waals surface area contributed by atoms with Crippen LogP contribution in [0.5, 0.6) is 0 Å². The summed E-state index contributed by atoms with van der Waals surface area (Å²) in [6, 6.07) is 7.37. The summed E-state index contributed by atoms with van der Waals surface area (Å²) in [5, 5.41) is 5.61. The number of aromatic nitrogens is 1. The molecule has 1 aromatic carbocycles. The maximum atomic E-state index is 12.1. The largest absolute Gasteiger partial charge is 0.399 e. The van der Waals surface area contributed by atoms with E-state index in [1.54, 1.807) is 0 Å². The Morgan fingerprint density at radius 3 is 2.77 bits per heavy atom. The number of nitrogen functional groups attached to an aromatic ring is 1. The van der Waals surface area contributed by atoms with Gasteiger partial charge in [0.25, 0.3) is 0 Å². The van der Waals surface area contributed by atoms with E-state index < -0.39 is 0 Å². The zero-order chi connectivity index (χ0) is 16.9. The molecule has 3 rings (SSSR count). The normalized spacial score (nSPS) is 17.0. The van der Waals surface area contributed by atoms with Gasteiger partial charge < -0.3 is 11.1 Å². The smallest absolute Gasteiger partial charge is 0.230 e. The molecule has 0 radical (unpaired) electrons. The van der Waals surface area contributed by atoms with Crippen LogP contribution in [0.4, 0.5) is 10.8 Å². The van der Waals surface area contributed by atoms with Crippen molar-refractivity contribution in [1.82, 2.24) is 9.88 Å². The van der Waals surface area contributed by atoms with Crippen molar-refractivity contribution in [2.45, 2.75) is 32.7 Å². The van der Waals surface area contributed by atoms with Gasteiger partial charge in [-0.2, -0.15) is 0 Å². The molecule has 0 bridgehead atoms. The second kappa shape index (κ2) is 10.7. The highest BCUT2D eigenvalue weighted by Gasteiger charge is 2.17. The molecule has 8 heteroatoms. The highest BCUT2D eigenvalue weighted by atomic mass is 35.5. The van der Waals surface area contributed by atoms with E-state index in [-0.39, 0.29) is 30.7 Å². The summed E-state index contributed by atoms with van der Waals surface area (Å²) in [5.41, 5.74) is 8.34. The fraction of sp³-hybridized carbons (Fsp3) is 0.444. The summed E-state index contributed by atoms with van der Waals surface area (Å²) in [6.07, 6.45) is 2.91. The number of hydrogen-bond acceptors (Lipinski definition) is 5. The Hall–Kier alpha value is -1.34. The molecule has 1 fully saturated rings. The molecule has 144 valence electrons. The lowest BCUT2D eigenvalue weighted by Crippen LogP contribution is -2.33. The van der Waals surface area contributed by atoms with E-state index >= 15 is 0 Å². The Labute approximate surface area is 171 Å². The van der Waals surface area contributed by atoms with Crippen molar-refractivity contribution < 1.29 is 4.79 Å². The third kappa shape index (κ3) is 6.76. The SMILES string of the molecule is CC1CCCN(Cc2csc(NC(=O)Cc3ccc(N)cc3)n2)C1.Cl.Cl. The predicted octanol–water partition coefficient (Wildman–Crippen LogP) is 3.98. The Bertz CT molecular complexity index is 693. The van der Waals surface area contributed by atoms with Gasteiger partial charge in [0.1, 0.15) is 0 Å². The molecule has 1 saturated heterocycles. The molecular formula is C18H26Cl2N4OS. The monoisotopic (exact) mass is 416 g/mol. The van der Waals surface area contributed by atoms with Gasteiger partial charge >= 0.3 is 0 Å². The topological polar surface area (TPSA) is 71.2 Å². The minimum absolute atomic E-state index is 0. The van der Waals surface area contributed by atoms with Gasteiger partial charge in [-0.15, -0.1) is 36.2 Å². The molecule has 3 N–H and O–H groups in total. The molecule has 1 aliphatic heterocycles. The number of anilines is 2. The molecule has 2 aromatic rings. The first-order valence-electron chi connectivity index (χ1n) is 8.39. The van der Waals surface area contributed by atoms with Crippen molar-refractivity contribution in [2.75, 3.05) is 24.1 Å². The quantitative estimate of drug-likeness (QED) is 0.722. The van der Waals surface area contributed by atoms with E-state index in [9.17, 15) is 4.79 Å². The molecule has 0 saturated carbocycles. The molecule has 1 amide bonds. The Kier molecular flexibility index (Phi) is 9.36. The van der Waals surface area contributed by atoms with Crippen LogP contribution in [0.3, 0.4) is 0 Å². The van der Waals surface area contributed by atoms with Crippen LogP contribution in [0.25, 0.3) is 0 Å². The molecule has 1 aromatic heterocycles. The standard InChI is InChI=1S/C18H24N4OS.2ClH/c1-13-3-2-8-22(10-13)11-16-12-24-18(20-16)21-17(23)9-14-4-6-15(19)7-5-14;;/h4-7,12-13H,2-3,8-11,19H2,1H3,(H,20,21,23);2*1H. The van der Waals surface area contributed by atoms with Crippen LogP contribution in [0.15, 0.2) is 29.6 Å². The molecule has 1 aliphatic rings. The molecule has 26 heavy (non-hydrogen) atoms. The third-order valence-electron chi connectivity index (χ3n) is 4.27. The van der Waals surface area contributed by atoms with Crippen molar-refractivity contribution in [3.63, 3.8) is 0 Å². The summed E-state index contributed by atoms with van der Waals surface area (Å²) in [7, 11) is 0. The summed E-state index contributed by atoms with van der Waals surface area (Å²) >= 11 is 1.49. The number of rotatable bonds is 5. The van der Waals surface area contributed by atoms with E-state index in [0.29, 0.717) is 17.2 Å². The molecule has 5 nitrogen and oxygen atoms in total. The van der Waals surface area contributed by atoms with Crippen LogP contribution >= 0.6 is 36.2 Å². The van der Waals surface area contributed by atoms with E-state index in [1.807, 2.05) is 29.6 Å². The first-order valence-corrected chi connectivity index (χ1v) is 9.27. The number of nitrogens with zero attached hydrogens (tertiary/aromatic N) is 2. The number of hydrogen-bond donors (Lipinski definition) is 2. The first-order chi connectivity index (χ1) is 11.6. The number of amides is 1. The second-order valence-corrected chi connectivity index (χ2v) is 7.45. The van der Waals surface area contributed by atoms with Crippen LogP contribution in [0.1, 0.15) is 31.0 Å². The van der Waals surface area contributed by atoms with Crippen LogP contribution in [-0.2, 0) is 17.8 Å². The van der Waals surface area contributed by atoms with E-state index in [1.165, 1.54) is 24.2 Å². The third-order valence-corrected chi connectivity index (χ3v) is 5.08. The van der Waals surface area contributed by atoms with Gasteiger partial charge in [-0.1, -0.05) is 19.1 Å². The van der Waals surface area contributed by atoms with Crippen molar-refractivity contribution in [2.24, 2.45) is 5.92 Å². The number of piperidine rings is 1. The van der Waals surface area contributed by atoms with Crippen LogP contribution in [0, 0.1) is 5.92 Å². The minimum Gasteiger partial charge on any atom is -0.399 e. The van der Waals surface area contributed by atoms with Crippen LogP contribution in [0.2, 0.25) is 0 Å². The van der Waals surface area contributed by atoms with Gasteiger partial charge in [0.05, 0.1) is 12.1 Å². The summed E-state index contributed by atoms with van der Waals surface area (Å²) in [6.45, 7) is 5.45. The summed E-state index contributed by atoms with van der Waals surface area (Å²) in [5.74, 6) is 0.712. The van der Waals surface area contributed by atoms with Crippen molar-refractivity contribution in [3.05, 3.63) is 40.9 Å². The number of carbonyl (C=O) groups is 1. The van der Waals surface area contributed by atoms with Crippen molar-refractivity contribution in [1.29, 1.82) is 0 Å².